The molecule has 0 aliphatic rings. The lowest BCUT2D eigenvalue weighted by Gasteiger charge is -2.08. The Morgan fingerprint density at radius 3 is 2.46 bits per heavy atom. The molecule has 0 amide bonds. The van der Waals surface area contributed by atoms with Gasteiger partial charge >= 0.3 is 0 Å². The zero-order chi connectivity index (χ0) is 10.3. The van der Waals surface area contributed by atoms with E-state index >= 15 is 0 Å². The average Bonchev–Trinajstić information content (AvgIpc) is 2.03. The molecular formula is C8H19NO2S2. The normalized spacial score (nSPS) is 14.4. The van der Waals surface area contributed by atoms with E-state index in [1.807, 2.05) is 13.8 Å². The quantitative estimate of drug-likeness (QED) is 0.654. The molecule has 0 bridgehead atoms. The minimum atomic E-state index is -2.91. The Balaban J connectivity index is 3.81. The van der Waals surface area contributed by atoms with Crippen molar-refractivity contribution in [1.82, 2.24) is 0 Å². The van der Waals surface area contributed by atoms with E-state index in [1.165, 1.54) is 0 Å². The standard InChI is InChI=1S/C8H19NO2S2/c1-3-8(9)7-13(10,11)6-5-12-4-2/h8H,3-7,9H2,1-2H3. The fourth-order valence-corrected chi connectivity index (χ4v) is 3.69. The fourth-order valence-electron chi connectivity index (χ4n) is 0.858. The van der Waals surface area contributed by atoms with Gasteiger partial charge in [-0.3, -0.25) is 0 Å². The molecule has 0 aliphatic carbocycles. The van der Waals surface area contributed by atoms with Crippen LogP contribution in [0, 0.1) is 0 Å². The number of nitrogens with two attached hydrogens (primary N) is 1. The van der Waals surface area contributed by atoms with Crippen LogP contribution in [0.1, 0.15) is 20.3 Å². The van der Waals surface area contributed by atoms with E-state index in [0.29, 0.717) is 5.75 Å². The molecule has 3 nitrogen and oxygen atoms in total. The van der Waals surface area contributed by atoms with Gasteiger partial charge in [-0.1, -0.05) is 13.8 Å². The molecular weight excluding hydrogens is 206 g/mol. The van der Waals surface area contributed by atoms with Gasteiger partial charge < -0.3 is 5.73 Å². The summed E-state index contributed by atoms with van der Waals surface area (Å²) in [7, 11) is -2.91. The summed E-state index contributed by atoms with van der Waals surface area (Å²) in [5.74, 6) is 2.05. The molecule has 0 heterocycles. The molecule has 0 aliphatic heterocycles. The number of rotatable bonds is 7. The lowest BCUT2D eigenvalue weighted by atomic mass is 10.3. The van der Waals surface area contributed by atoms with Crippen LogP contribution in [-0.4, -0.2) is 37.5 Å². The zero-order valence-electron chi connectivity index (χ0n) is 8.32. The number of hydrogen-bond donors (Lipinski definition) is 1. The molecule has 1 atom stereocenters. The first-order valence-electron chi connectivity index (χ1n) is 4.55. The summed E-state index contributed by atoms with van der Waals surface area (Å²) in [6.45, 7) is 3.93. The van der Waals surface area contributed by atoms with Crippen molar-refractivity contribution in [2.24, 2.45) is 5.73 Å². The van der Waals surface area contributed by atoms with Crippen LogP contribution in [0.4, 0.5) is 0 Å². The van der Waals surface area contributed by atoms with Gasteiger partial charge in [-0.15, -0.1) is 0 Å². The lowest BCUT2D eigenvalue weighted by molar-refractivity contribution is 0.585. The summed E-state index contributed by atoms with van der Waals surface area (Å²) >= 11 is 1.65. The molecule has 2 N–H and O–H groups in total. The van der Waals surface area contributed by atoms with E-state index in [-0.39, 0.29) is 17.5 Å². The Kier molecular flexibility index (Phi) is 6.81. The molecule has 1 unspecified atom stereocenters. The van der Waals surface area contributed by atoms with Gasteiger partial charge in [-0.2, -0.15) is 11.8 Å². The third-order valence-electron chi connectivity index (χ3n) is 1.74. The van der Waals surface area contributed by atoms with Crippen LogP contribution in [0.25, 0.3) is 0 Å². The third-order valence-corrected chi connectivity index (χ3v) is 4.66. The van der Waals surface area contributed by atoms with E-state index in [4.69, 9.17) is 5.73 Å². The first-order chi connectivity index (χ1) is 6.02. The Morgan fingerprint density at radius 1 is 1.38 bits per heavy atom. The van der Waals surface area contributed by atoms with E-state index < -0.39 is 9.84 Å². The second kappa shape index (κ2) is 6.68. The van der Waals surface area contributed by atoms with Crippen molar-refractivity contribution in [3.8, 4) is 0 Å². The molecule has 0 rings (SSSR count). The minimum Gasteiger partial charge on any atom is -0.327 e. The molecule has 0 radical (unpaired) electrons. The highest BCUT2D eigenvalue weighted by Gasteiger charge is 2.14. The van der Waals surface area contributed by atoms with E-state index in [2.05, 4.69) is 0 Å². The van der Waals surface area contributed by atoms with Crippen molar-refractivity contribution >= 4 is 21.6 Å². The van der Waals surface area contributed by atoms with Crippen LogP contribution < -0.4 is 5.73 Å². The van der Waals surface area contributed by atoms with Gasteiger partial charge in [0.05, 0.1) is 11.5 Å². The van der Waals surface area contributed by atoms with E-state index in [0.717, 1.165) is 12.2 Å². The van der Waals surface area contributed by atoms with Crippen LogP contribution in [0.3, 0.4) is 0 Å². The summed E-state index contributed by atoms with van der Waals surface area (Å²) in [5, 5.41) is 0. The number of hydrogen-bond acceptors (Lipinski definition) is 4. The van der Waals surface area contributed by atoms with Crippen LogP contribution in [0.5, 0.6) is 0 Å². The summed E-state index contributed by atoms with van der Waals surface area (Å²) in [6, 6.07) is -0.198. The largest absolute Gasteiger partial charge is 0.327 e. The molecule has 0 aromatic carbocycles. The number of thioether (sulfide) groups is 1. The van der Waals surface area contributed by atoms with E-state index in [9.17, 15) is 8.42 Å². The van der Waals surface area contributed by atoms with Crippen LogP contribution in [0.15, 0.2) is 0 Å². The molecule has 0 spiro atoms. The minimum absolute atomic E-state index is 0.133. The predicted octanol–water partition coefficient (Wildman–Crippen LogP) is 0.892. The van der Waals surface area contributed by atoms with Gasteiger partial charge in [0.2, 0.25) is 0 Å². The number of sulfone groups is 1. The Hall–Kier alpha value is 0.260. The fraction of sp³-hybridized carbons (Fsp3) is 1.00. The molecule has 0 fully saturated rings. The molecule has 5 heteroatoms. The van der Waals surface area contributed by atoms with Crippen molar-refractivity contribution in [2.45, 2.75) is 26.3 Å². The average molecular weight is 225 g/mol. The van der Waals surface area contributed by atoms with Gasteiger partial charge in [0.1, 0.15) is 0 Å². The molecule has 0 aromatic rings. The predicted molar refractivity (Wildman–Crippen MR) is 59.9 cm³/mol. The van der Waals surface area contributed by atoms with Crippen LogP contribution >= 0.6 is 11.8 Å². The first kappa shape index (κ1) is 13.3. The van der Waals surface area contributed by atoms with Gasteiger partial charge in [0.25, 0.3) is 0 Å². The van der Waals surface area contributed by atoms with Crippen molar-refractivity contribution in [3.05, 3.63) is 0 Å². The SMILES string of the molecule is CCSCCS(=O)(=O)CC(N)CC. The van der Waals surface area contributed by atoms with Crippen molar-refractivity contribution in [2.75, 3.05) is 23.0 Å². The molecule has 80 valence electrons. The van der Waals surface area contributed by atoms with Crippen molar-refractivity contribution in [1.29, 1.82) is 0 Å². The smallest absolute Gasteiger partial charge is 0.152 e. The summed E-state index contributed by atoms with van der Waals surface area (Å²) in [5.41, 5.74) is 5.58. The Morgan fingerprint density at radius 2 is 2.00 bits per heavy atom. The monoisotopic (exact) mass is 225 g/mol. The summed E-state index contributed by atoms with van der Waals surface area (Å²) in [4.78, 5) is 0. The van der Waals surface area contributed by atoms with Crippen molar-refractivity contribution < 1.29 is 8.42 Å². The maximum atomic E-state index is 11.4. The zero-order valence-corrected chi connectivity index (χ0v) is 9.96. The van der Waals surface area contributed by atoms with Gasteiger partial charge in [0.15, 0.2) is 9.84 Å². The van der Waals surface area contributed by atoms with Crippen LogP contribution in [0.2, 0.25) is 0 Å². The Labute approximate surface area is 85.4 Å². The third kappa shape index (κ3) is 7.34. The second-order valence-electron chi connectivity index (χ2n) is 2.98. The Bertz CT molecular complexity index is 214. The highest BCUT2D eigenvalue weighted by atomic mass is 32.2. The van der Waals surface area contributed by atoms with Crippen molar-refractivity contribution in [3.63, 3.8) is 0 Å². The maximum absolute atomic E-state index is 11.4. The summed E-state index contributed by atoms with van der Waals surface area (Å²) in [6.07, 6.45) is 0.722. The second-order valence-corrected chi connectivity index (χ2v) is 6.60. The van der Waals surface area contributed by atoms with E-state index in [1.54, 1.807) is 11.8 Å². The van der Waals surface area contributed by atoms with Gasteiger partial charge in [-0.25, -0.2) is 8.42 Å². The van der Waals surface area contributed by atoms with Gasteiger partial charge in [0, 0.05) is 11.8 Å². The molecule has 0 aromatic heterocycles. The van der Waals surface area contributed by atoms with Crippen LogP contribution in [-0.2, 0) is 9.84 Å². The summed E-state index contributed by atoms with van der Waals surface area (Å²) < 4.78 is 22.8. The lowest BCUT2D eigenvalue weighted by Crippen LogP contribution is -2.30. The van der Waals surface area contributed by atoms with Gasteiger partial charge in [-0.05, 0) is 12.2 Å². The highest BCUT2D eigenvalue weighted by Crippen LogP contribution is 2.03. The highest BCUT2D eigenvalue weighted by molar-refractivity contribution is 8.00. The molecule has 13 heavy (non-hydrogen) atoms. The molecule has 0 saturated heterocycles. The maximum Gasteiger partial charge on any atom is 0.152 e. The topological polar surface area (TPSA) is 60.2 Å². The molecule has 0 saturated carbocycles. The first-order valence-corrected chi connectivity index (χ1v) is 7.53.